The molecule has 0 spiro atoms. The summed E-state index contributed by atoms with van der Waals surface area (Å²) in [5.41, 5.74) is -4.52. The van der Waals surface area contributed by atoms with Crippen LogP contribution in [0.15, 0.2) is 0 Å². The SMILES string of the molecule is CC1C(C(F)(F)F)C(C)[C@@H](C)C1C(F)(F)F.CC1C(F)C(F)[C@@H](C)C1F.CC1CC(C(F)(F)F)C[C@@H](C)C1.CC1CCCC(C(F)(F)F)[C@@H]1C.CC1C[C@H](C)CC(C(F)(F)F)C1C(F)(F)F.C[C@H]1C(F)(F)C(C)(F)C(F)(F)C1(F)F.[2H][C@@]1(C)C(C)CCCC1C(F)(F)F.[2H][C@]1(C)CC(C)CC(C(F)(F)F)C1. The third-order valence-corrected chi connectivity index (χ3v) is 23.2. The average Bonchev–Trinajstić information content (AvgIpc) is 1.53. The van der Waals surface area contributed by atoms with Crippen LogP contribution < -0.4 is 0 Å². The average molecular weight is 1600 g/mol. The highest BCUT2D eigenvalue weighted by molar-refractivity contribution is 5.19. The Bertz CT molecular complexity index is 2470. The Morgan fingerprint density at radius 1 is 0.288 bits per heavy atom. The van der Waals surface area contributed by atoms with E-state index in [-0.39, 0.29) is 81.0 Å². The number of hydrogen-bond acceptors (Lipinski definition) is 0. The van der Waals surface area contributed by atoms with Crippen molar-refractivity contribution in [3.8, 4) is 0 Å². The molecule has 0 nitrogen and oxygen atoms in total. The maximum absolute atomic E-state index is 12.9. The van der Waals surface area contributed by atoms with E-state index < -0.39 is 198 Å². The first-order valence-electron chi connectivity index (χ1n) is 36.0. The van der Waals surface area contributed by atoms with Gasteiger partial charge in [0.15, 0.2) is 0 Å². The lowest BCUT2D eigenvalue weighted by Crippen LogP contribution is -2.52. The van der Waals surface area contributed by atoms with Crippen molar-refractivity contribution in [1.82, 2.24) is 0 Å². The monoisotopic (exact) mass is 1590 g/mol. The van der Waals surface area contributed by atoms with Gasteiger partial charge >= 0.3 is 61.3 Å². The van der Waals surface area contributed by atoms with Crippen molar-refractivity contribution in [2.24, 2.45) is 142 Å². The van der Waals surface area contributed by atoms with Gasteiger partial charge in [0.05, 0.1) is 53.3 Å². The summed E-state index contributed by atoms with van der Waals surface area (Å²) in [5.74, 6) is -39.2. The van der Waals surface area contributed by atoms with Crippen molar-refractivity contribution in [3.63, 3.8) is 0 Å². The molecule has 8 rings (SSSR count). The van der Waals surface area contributed by atoms with Gasteiger partial charge in [-0.15, -0.1) is 0 Å². The molecular formula is C70H106F34. The van der Waals surface area contributed by atoms with Gasteiger partial charge in [0, 0.05) is 14.6 Å². The second-order valence-electron chi connectivity index (χ2n) is 31.8. The van der Waals surface area contributed by atoms with E-state index >= 15 is 0 Å². The van der Waals surface area contributed by atoms with Crippen molar-refractivity contribution in [1.29, 1.82) is 0 Å². The molecule has 0 bridgehead atoms. The van der Waals surface area contributed by atoms with Crippen LogP contribution in [0, 0.1) is 142 Å². The number of halogens is 34. The van der Waals surface area contributed by atoms with E-state index in [0.29, 0.717) is 32.1 Å². The van der Waals surface area contributed by atoms with Crippen LogP contribution in [0.2, 0.25) is 0 Å². The maximum Gasteiger partial charge on any atom is 0.392 e. The molecule has 8 fully saturated rings. The maximum atomic E-state index is 12.9. The van der Waals surface area contributed by atoms with Crippen LogP contribution in [0.1, 0.15) is 210 Å². The molecule has 0 aromatic rings. The number of hydrogen-bond donors (Lipinski definition) is 0. The topological polar surface area (TPSA) is 0 Å². The van der Waals surface area contributed by atoms with E-state index in [2.05, 4.69) is 0 Å². The molecule has 8 aliphatic carbocycles. The second-order valence-corrected chi connectivity index (χ2v) is 31.8. The molecule has 28 atom stereocenters. The summed E-state index contributed by atoms with van der Waals surface area (Å²) in [4.78, 5) is 0. The van der Waals surface area contributed by atoms with Gasteiger partial charge in [-0.05, 0) is 148 Å². The summed E-state index contributed by atoms with van der Waals surface area (Å²) in [7, 11) is 0. The number of rotatable bonds is 0. The Labute approximate surface area is 591 Å². The Morgan fingerprint density at radius 3 is 0.885 bits per heavy atom. The molecule has 0 aliphatic heterocycles. The van der Waals surface area contributed by atoms with Crippen LogP contribution in [0.4, 0.5) is 149 Å². The fourth-order valence-electron chi connectivity index (χ4n) is 16.7. The van der Waals surface area contributed by atoms with Crippen molar-refractivity contribution in [2.45, 2.75) is 299 Å². The highest BCUT2D eigenvalue weighted by Gasteiger charge is 2.88. The molecule has 34 heteroatoms. The van der Waals surface area contributed by atoms with Gasteiger partial charge in [0.2, 0.25) is 5.67 Å². The summed E-state index contributed by atoms with van der Waals surface area (Å²) in [6.45, 7) is 23.2. The Hall–Kier alpha value is -2.38. The lowest BCUT2D eigenvalue weighted by molar-refractivity contribution is -0.276. The van der Waals surface area contributed by atoms with Gasteiger partial charge in [-0.2, -0.15) is 123 Å². The highest BCUT2D eigenvalue weighted by Crippen LogP contribution is 2.65. The van der Waals surface area contributed by atoms with E-state index in [1.165, 1.54) is 41.5 Å². The molecular weight excluding hydrogens is 1490 g/mol. The van der Waals surface area contributed by atoms with E-state index in [9.17, 15) is 149 Å². The van der Waals surface area contributed by atoms with Crippen molar-refractivity contribution < 1.29 is 152 Å². The van der Waals surface area contributed by atoms with Gasteiger partial charge in [-0.1, -0.05) is 136 Å². The molecule has 0 amide bonds. The molecule has 0 aromatic carbocycles. The zero-order valence-electron chi connectivity index (χ0n) is 63.2. The first-order valence-corrected chi connectivity index (χ1v) is 35.0. The smallest absolute Gasteiger partial charge is 0.247 e. The normalized spacial score (nSPS) is 42.7. The fourth-order valence-corrected chi connectivity index (χ4v) is 16.7. The minimum atomic E-state index is -5.36. The van der Waals surface area contributed by atoms with Crippen LogP contribution in [0.3, 0.4) is 0 Å². The summed E-state index contributed by atoms with van der Waals surface area (Å²) < 4.78 is 442. The van der Waals surface area contributed by atoms with Crippen LogP contribution in [-0.4, -0.2) is 91.4 Å². The quantitative estimate of drug-likeness (QED) is 0.212. The molecule has 0 N–H and O–H groups in total. The third-order valence-electron chi connectivity index (χ3n) is 23.2. The molecule has 20 unspecified atom stereocenters. The van der Waals surface area contributed by atoms with Crippen molar-refractivity contribution in [2.75, 3.05) is 0 Å². The van der Waals surface area contributed by atoms with E-state index in [1.807, 2.05) is 20.8 Å². The predicted octanol–water partition coefficient (Wildman–Crippen LogP) is 28.7. The lowest BCUT2D eigenvalue weighted by atomic mass is 9.68. The molecule has 8 aliphatic rings. The third kappa shape index (κ3) is 26.1. The number of alkyl halides is 34. The minimum Gasteiger partial charge on any atom is -0.247 e. The Balaban J connectivity index is 0.000000608. The van der Waals surface area contributed by atoms with Gasteiger partial charge in [0.25, 0.3) is 5.92 Å². The standard InChI is InChI=1S/2C10H14F6.4C9H15F3.C7H7F7.C7H11F3/c1-5-3-6(2)8(10(14,15)16)7(4-5)9(11,12)13;1-4-5(2)8(10(14,15)16)6(3)7(4)9(11,12)13;2*1-6-3-7(2)5-8(4-6)9(10,11)12;2*1-6-4-3-5-8(7(6)2)9(10,11)12;1-3-5(9,10)4(2,8)7(13,14)6(3,11)12;1-3-5(8)4(2)7(10)6(3)9/h5-8H,3-4H2,1-2H3;4-8H,1-3H3;4*6-8H,3-5H2,1-2H3;3H,1-2H3;3-7H,1-2H3/t5-,6?,7?,8?;4-,5?,6?,7?,8?;2*6-,7?,8?;2*6?,7-,8?;3-,4?;3-,4?,5?,6?,7?/m01001100/s1/i;;6D;;7D;;;. The van der Waals surface area contributed by atoms with E-state index in [1.54, 1.807) is 34.6 Å². The van der Waals surface area contributed by atoms with Gasteiger partial charge < -0.3 is 0 Å². The second kappa shape index (κ2) is 36.8. The summed E-state index contributed by atoms with van der Waals surface area (Å²) in [6, 6.07) is 0. The van der Waals surface area contributed by atoms with Crippen LogP contribution in [-0.2, 0) is 0 Å². The van der Waals surface area contributed by atoms with Gasteiger partial charge in [-0.25, -0.2) is 26.3 Å². The highest BCUT2D eigenvalue weighted by atomic mass is 19.4. The van der Waals surface area contributed by atoms with Crippen molar-refractivity contribution >= 4 is 0 Å². The van der Waals surface area contributed by atoms with Gasteiger partial charge in [-0.3, -0.25) is 0 Å². The molecule has 0 heterocycles. The summed E-state index contributed by atoms with van der Waals surface area (Å²) in [6.07, 6.45) is -33.8. The zero-order valence-corrected chi connectivity index (χ0v) is 61.2. The van der Waals surface area contributed by atoms with Crippen LogP contribution in [0.25, 0.3) is 0 Å². The Kier molecular flexibility index (Phi) is 33.9. The van der Waals surface area contributed by atoms with Crippen LogP contribution in [0.5, 0.6) is 0 Å². The molecule has 8 saturated carbocycles. The van der Waals surface area contributed by atoms with Gasteiger partial charge in [0.1, 0.15) is 18.5 Å². The molecule has 0 saturated heterocycles. The first kappa shape index (κ1) is 95.8. The zero-order chi connectivity index (χ0) is 84.3. The molecule has 0 aromatic heterocycles. The fraction of sp³-hybridized carbons (Fsp3) is 1.00. The lowest BCUT2D eigenvalue weighted by Gasteiger charge is -2.41. The first-order chi connectivity index (χ1) is 46.8. The summed E-state index contributed by atoms with van der Waals surface area (Å²) >= 11 is 0. The van der Waals surface area contributed by atoms with Crippen LogP contribution >= 0.6 is 0 Å². The predicted molar refractivity (Wildman–Crippen MR) is 327 cm³/mol. The summed E-state index contributed by atoms with van der Waals surface area (Å²) in [5, 5.41) is 0. The largest absolute Gasteiger partial charge is 0.392 e. The Morgan fingerprint density at radius 2 is 0.625 bits per heavy atom. The van der Waals surface area contributed by atoms with Crippen molar-refractivity contribution in [3.05, 3.63) is 0 Å². The molecule has 624 valence electrons. The minimum absolute atomic E-state index is 0.0166. The van der Waals surface area contributed by atoms with E-state index in [0.717, 1.165) is 32.6 Å². The molecule has 0 radical (unpaired) electrons. The van der Waals surface area contributed by atoms with E-state index in [4.69, 9.17) is 2.74 Å². The molecule has 104 heavy (non-hydrogen) atoms.